The van der Waals surface area contributed by atoms with Crippen molar-refractivity contribution in [3.63, 3.8) is 0 Å². The minimum absolute atomic E-state index is 0.141. The van der Waals surface area contributed by atoms with E-state index in [1.165, 1.54) is 10.9 Å². The number of nitrogens with two attached hydrogens (primary N) is 1. The summed E-state index contributed by atoms with van der Waals surface area (Å²) in [5.41, 5.74) is 5.24. The first-order valence-electron chi connectivity index (χ1n) is 5.84. The summed E-state index contributed by atoms with van der Waals surface area (Å²) < 4.78 is 1.29. The van der Waals surface area contributed by atoms with Crippen molar-refractivity contribution in [1.29, 1.82) is 0 Å². The number of carbonyl (C=O) groups is 1. The van der Waals surface area contributed by atoms with Crippen molar-refractivity contribution in [2.75, 3.05) is 11.9 Å². The first-order valence-corrected chi connectivity index (χ1v) is 6.21. The molecule has 0 aliphatic heterocycles. The molecule has 0 saturated heterocycles. The van der Waals surface area contributed by atoms with Gasteiger partial charge in [0, 0.05) is 19.5 Å². The number of hydrogen-bond acceptors (Lipinski definition) is 4. The topological polar surface area (TPSA) is 90.0 Å². The summed E-state index contributed by atoms with van der Waals surface area (Å²) in [5.74, 6) is -0.305. The van der Waals surface area contributed by atoms with Crippen LogP contribution in [0, 0.1) is 0 Å². The molecule has 7 heteroatoms. The Bertz CT molecular complexity index is 473. The Morgan fingerprint density at radius 1 is 1.56 bits per heavy atom. The van der Waals surface area contributed by atoms with Gasteiger partial charge in [-0.3, -0.25) is 9.59 Å². The molecule has 1 aromatic heterocycles. The Kier molecular flexibility index (Phi) is 5.64. The van der Waals surface area contributed by atoms with E-state index in [1.54, 1.807) is 0 Å². The Labute approximate surface area is 110 Å². The second kappa shape index (κ2) is 7.00. The number of anilines is 1. The van der Waals surface area contributed by atoms with E-state index >= 15 is 0 Å². The van der Waals surface area contributed by atoms with Gasteiger partial charge in [-0.15, -0.1) is 0 Å². The molecule has 1 heterocycles. The van der Waals surface area contributed by atoms with Crippen molar-refractivity contribution >= 4 is 23.2 Å². The molecular formula is C11H17ClN4O2. The maximum atomic E-state index is 11.7. The number of primary amides is 1. The molecule has 1 rings (SSSR count). The summed E-state index contributed by atoms with van der Waals surface area (Å²) in [7, 11) is 0. The zero-order valence-corrected chi connectivity index (χ0v) is 11.0. The Balaban J connectivity index is 2.51. The third-order valence-electron chi connectivity index (χ3n) is 2.45. The molecule has 18 heavy (non-hydrogen) atoms. The van der Waals surface area contributed by atoms with Gasteiger partial charge >= 0.3 is 0 Å². The van der Waals surface area contributed by atoms with Crippen LogP contribution in [0.3, 0.4) is 0 Å². The lowest BCUT2D eigenvalue weighted by molar-refractivity contribution is -0.118. The molecule has 100 valence electrons. The van der Waals surface area contributed by atoms with Gasteiger partial charge in [0.1, 0.15) is 5.02 Å². The van der Waals surface area contributed by atoms with Crippen LogP contribution in [0.15, 0.2) is 11.0 Å². The number of nitrogens with one attached hydrogen (secondary N) is 1. The highest BCUT2D eigenvalue weighted by Crippen LogP contribution is 2.15. The second-order valence-electron chi connectivity index (χ2n) is 3.84. The predicted molar refractivity (Wildman–Crippen MR) is 70.7 cm³/mol. The molecule has 1 aromatic rings. The van der Waals surface area contributed by atoms with Crippen LogP contribution in [0.1, 0.15) is 26.2 Å². The van der Waals surface area contributed by atoms with E-state index in [9.17, 15) is 9.59 Å². The quantitative estimate of drug-likeness (QED) is 0.724. The van der Waals surface area contributed by atoms with E-state index in [-0.39, 0.29) is 16.5 Å². The summed E-state index contributed by atoms with van der Waals surface area (Å²) in [4.78, 5) is 22.2. The molecule has 0 saturated carbocycles. The maximum absolute atomic E-state index is 11.7. The van der Waals surface area contributed by atoms with Crippen molar-refractivity contribution in [2.24, 2.45) is 5.73 Å². The van der Waals surface area contributed by atoms with Crippen molar-refractivity contribution < 1.29 is 4.79 Å². The molecule has 0 aromatic carbocycles. The van der Waals surface area contributed by atoms with E-state index in [2.05, 4.69) is 10.4 Å². The van der Waals surface area contributed by atoms with Crippen LogP contribution in [0.2, 0.25) is 5.02 Å². The summed E-state index contributed by atoms with van der Waals surface area (Å²) in [6, 6.07) is 0. The smallest absolute Gasteiger partial charge is 0.287 e. The fourth-order valence-corrected chi connectivity index (χ4v) is 1.67. The van der Waals surface area contributed by atoms with Gasteiger partial charge in [0.2, 0.25) is 5.91 Å². The number of rotatable bonds is 7. The number of hydrogen-bond donors (Lipinski definition) is 2. The zero-order valence-electron chi connectivity index (χ0n) is 10.3. The molecule has 0 atom stereocenters. The first kappa shape index (κ1) is 14.5. The summed E-state index contributed by atoms with van der Waals surface area (Å²) in [6.45, 7) is 2.92. The van der Waals surface area contributed by atoms with Crippen molar-refractivity contribution in [2.45, 2.75) is 32.7 Å². The maximum Gasteiger partial charge on any atom is 0.287 e. The molecule has 0 bridgehead atoms. The van der Waals surface area contributed by atoms with Crippen LogP contribution < -0.4 is 16.6 Å². The van der Waals surface area contributed by atoms with Gasteiger partial charge < -0.3 is 11.1 Å². The molecular weight excluding hydrogens is 256 g/mol. The highest BCUT2D eigenvalue weighted by Gasteiger charge is 2.07. The number of aromatic nitrogens is 2. The molecule has 0 spiro atoms. The van der Waals surface area contributed by atoms with Gasteiger partial charge in [0.25, 0.3) is 5.56 Å². The fraction of sp³-hybridized carbons (Fsp3) is 0.545. The SMILES string of the molecule is CCn1ncc(NCCCCC(N)=O)c(Cl)c1=O. The van der Waals surface area contributed by atoms with Gasteiger partial charge in [-0.05, 0) is 19.8 Å². The third-order valence-corrected chi connectivity index (χ3v) is 2.82. The summed E-state index contributed by atoms with van der Waals surface area (Å²) in [6.07, 6.45) is 3.38. The van der Waals surface area contributed by atoms with E-state index in [0.717, 1.165) is 6.42 Å². The lowest BCUT2D eigenvalue weighted by Gasteiger charge is -2.08. The van der Waals surface area contributed by atoms with Crippen molar-refractivity contribution in [1.82, 2.24) is 9.78 Å². The number of carbonyl (C=O) groups excluding carboxylic acids is 1. The standard InChI is InChI=1S/C11H17ClN4O2/c1-2-16-11(18)10(12)8(7-15-16)14-6-4-3-5-9(13)17/h7,14H,2-6H2,1H3,(H2,13,17). The van der Waals surface area contributed by atoms with Crippen molar-refractivity contribution in [3.8, 4) is 0 Å². The average molecular weight is 273 g/mol. The van der Waals surface area contributed by atoms with Gasteiger partial charge in [0.15, 0.2) is 0 Å². The molecule has 3 N–H and O–H groups in total. The van der Waals surface area contributed by atoms with Crippen LogP contribution in [0.4, 0.5) is 5.69 Å². The largest absolute Gasteiger partial charge is 0.382 e. The predicted octanol–water partition coefficient (Wildman–Crippen LogP) is 0.984. The molecule has 0 aliphatic rings. The lowest BCUT2D eigenvalue weighted by Crippen LogP contribution is -2.23. The number of nitrogens with zero attached hydrogens (tertiary/aromatic N) is 2. The second-order valence-corrected chi connectivity index (χ2v) is 4.22. The highest BCUT2D eigenvalue weighted by molar-refractivity contribution is 6.32. The Morgan fingerprint density at radius 3 is 2.89 bits per heavy atom. The molecule has 1 amide bonds. The monoisotopic (exact) mass is 272 g/mol. The minimum Gasteiger partial charge on any atom is -0.382 e. The number of aryl methyl sites for hydroxylation is 1. The van der Waals surface area contributed by atoms with Gasteiger partial charge in [-0.1, -0.05) is 11.6 Å². The summed E-state index contributed by atoms with van der Waals surface area (Å²) >= 11 is 5.93. The molecule has 6 nitrogen and oxygen atoms in total. The molecule has 0 radical (unpaired) electrons. The van der Waals surface area contributed by atoms with E-state index in [0.29, 0.717) is 31.6 Å². The molecule has 0 unspecified atom stereocenters. The summed E-state index contributed by atoms with van der Waals surface area (Å²) in [5, 5.41) is 7.13. The Morgan fingerprint density at radius 2 is 2.28 bits per heavy atom. The van der Waals surface area contributed by atoms with Gasteiger partial charge in [0.05, 0.1) is 11.9 Å². The van der Waals surface area contributed by atoms with Crippen molar-refractivity contribution in [3.05, 3.63) is 21.6 Å². The average Bonchev–Trinajstić information content (AvgIpc) is 2.33. The fourth-order valence-electron chi connectivity index (χ4n) is 1.46. The van der Waals surface area contributed by atoms with Crippen LogP contribution in [0.5, 0.6) is 0 Å². The van der Waals surface area contributed by atoms with E-state index in [4.69, 9.17) is 17.3 Å². The first-order chi connectivity index (χ1) is 8.56. The van der Waals surface area contributed by atoms with Gasteiger partial charge in [-0.25, -0.2) is 4.68 Å². The Hall–Kier alpha value is -1.56. The highest BCUT2D eigenvalue weighted by atomic mass is 35.5. The lowest BCUT2D eigenvalue weighted by atomic mass is 10.2. The third kappa shape index (κ3) is 4.03. The van der Waals surface area contributed by atoms with E-state index < -0.39 is 0 Å². The van der Waals surface area contributed by atoms with E-state index in [1.807, 2.05) is 6.92 Å². The molecule has 0 fully saturated rings. The number of amides is 1. The zero-order chi connectivity index (χ0) is 13.5. The van der Waals surface area contributed by atoms with Crippen LogP contribution in [-0.4, -0.2) is 22.2 Å². The minimum atomic E-state index is -0.305. The number of unbranched alkanes of at least 4 members (excludes halogenated alkanes) is 1. The van der Waals surface area contributed by atoms with Crippen LogP contribution in [0.25, 0.3) is 0 Å². The number of halogens is 1. The van der Waals surface area contributed by atoms with Gasteiger partial charge in [-0.2, -0.15) is 5.10 Å². The van der Waals surface area contributed by atoms with Crippen LogP contribution >= 0.6 is 11.6 Å². The van der Waals surface area contributed by atoms with Crippen LogP contribution in [-0.2, 0) is 11.3 Å². The molecule has 0 aliphatic carbocycles. The normalized spacial score (nSPS) is 10.3.